The summed E-state index contributed by atoms with van der Waals surface area (Å²) in [4.78, 5) is 103. The van der Waals surface area contributed by atoms with Gasteiger partial charge in [-0.2, -0.15) is 8.78 Å². The number of aromatic nitrogens is 1. The Hall–Kier alpha value is -7.87. The van der Waals surface area contributed by atoms with Gasteiger partial charge in [-0.05, 0) is 175 Å². The minimum Gasteiger partial charge on any atom is -0.743 e. The molecule has 1 aromatic heterocycles. The number of nitrogens with one attached hydrogen (secondary N) is 1. The molecular formula is C75H92F3NO19S2. The molecule has 25 heteroatoms. The second kappa shape index (κ2) is 32.0. The van der Waals surface area contributed by atoms with E-state index >= 15 is 0 Å². The lowest BCUT2D eigenvalue weighted by Gasteiger charge is -2.34. The van der Waals surface area contributed by atoms with E-state index in [4.69, 9.17) is 33.2 Å². The number of hydrogen-bond acceptors (Lipinski definition) is 19. The van der Waals surface area contributed by atoms with Crippen LogP contribution in [-0.4, -0.2) is 108 Å². The molecule has 5 heterocycles. The van der Waals surface area contributed by atoms with Gasteiger partial charge in [0.25, 0.3) is 5.56 Å². The number of aromatic amines is 1. The largest absolute Gasteiger partial charge is 0.743 e. The molecule has 100 heavy (non-hydrogen) atoms. The number of hydrogen-bond donors (Lipinski definition) is 1. The molecule has 5 aromatic rings. The van der Waals surface area contributed by atoms with Gasteiger partial charge in [-0.1, -0.05) is 100 Å². The van der Waals surface area contributed by atoms with Crippen molar-refractivity contribution < 1.29 is 97.6 Å². The zero-order chi connectivity index (χ0) is 74.3. The monoisotopic (exact) mass is 1430 g/mol. The molecule has 4 bridgehead atoms. The van der Waals surface area contributed by atoms with Crippen molar-refractivity contribution in [3.8, 4) is 5.88 Å². The van der Waals surface area contributed by atoms with Gasteiger partial charge in [-0.25, -0.2) is 12.8 Å². The van der Waals surface area contributed by atoms with E-state index in [1.807, 2.05) is 48.5 Å². The summed E-state index contributed by atoms with van der Waals surface area (Å²) >= 11 is 0. The molecular weight excluding hydrogens is 1340 g/mol. The number of alkyl halides is 2. The molecule has 11 rings (SSSR count). The number of esters is 7. The van der Waals surface area contributed by atoms with E-state index in [1.54, 1.807) is 58.9 Å². The second-order valence-corrected chi connectivity index (χ2v) is 32.1. The second-order valence-electron chi connectivity index (χ2n) is 28.6. The van der Waals surface area contributed by atoms with Crippen LogP contribution in [0.4, 0.5) is 13.2 Å². The van der Waals surface area contributed by atoms with Gasteiger partial charge in [0.15, 0.2) is 43.1 Å². The van der Waals surface area contributed by atoms with Crippen LogP contribution in [0.5, 0.6) is 5.88 Å². The van der Waals surface area contributed by atoms with Crippen LogP contribution < -0.4 is 10.3 Å². The van der Waals surface area contributed by atoms with Crippen molar-refractivity contribution in [3.05, 3.63) is 155 Å². The van der Waals surface area contributed by atoms with Gasteiger partial charge in [0, 0.05) is 17.9 Å². The van der Waals surface area contributed by atoms with Gasteiger partial charge in [-0.3, -0.25) is 43.3 Å². The maximum absolute atomic E-state index is 13.3. The Morgan fingerprint density at radius 1 is 0.580 bits per heavy atom. The van der Waals surface area contributed by atoms with Crippen LogP contribution in [0, 0.1) is 57.1 Å². The Balaban J connectivity index is 0.000000181. The number of rotatable bonds is 20. The van der Waals surface area contributed by atoms with Gasteiger partial charge in [0.1, 0.15) is 29.7 Å². The molecule has 2 aliphatic carbocycles. The van der Waals surface area contributed by atoms with Gasteiger partial charge in [-0.15, -0.1) is 0 Å². The maximum atomic E-state index is 13.3. The van der Waals surface area contributed by atoms with Gasteiger partial charge >= 0.3 is 47.0 Å². The zero-order valence-electron chi connectivity index (χ0n) is 59.1. The molecule has 1 N–H and O–H groups in total. The van der Waals surface area contributed by atoms with Crippen molar-refractivity contribution in [3.63, 3.8) is 0 Å². The average molecular weight is 1430 g/mol. The smallest absolute Gasteiger partial charge is 0.369 e. The number of carbonyl (C=O) groups is 7. The minimum absolute atomic E-state index is 0.0146. The van der Waals surface area contributed by atoms with E-state index in [-0.39, 0.29) is 82.0 Å². The van der Waals surface area contributed by atoms with Crippen LogP contribution in [0.2, 0.25) is 0 Å². The van der Waals surface area contributed by atoms with E-state index in [2.05, 4.69) is 101 Å². The molecule has 12 unspecified atom stereocenters. The first-order chi connectivity index (χ1) is 46.7. The summed E-state index contributed by atoms with van der Waals surface area (Å²) in [6.45, 7) is 25.4. The van der Waals surface area contributed by atoms with Crippen molar-refractivity contribution in [2.75, 3.05) is 0 Å². The SMILES string of the molecule is CCC(C)(C)C(=O)OC(C)C(F)(F)S(=O)(=O)[O-].CCC(C)(C)C(=O)OC1C2CC3C(=O)OC1C3O2.CCC(C)(C)C(=O)OC1C2CC3C1OC(=O)C3C2C(=O)OC(C)(C)c1ccc(F)cc1.CCC(C)(C)C(=O)Oc1cccc(=O)[nH]1.c1ccc([S+](c2ccccc2)c2ccccc2)cc1. The molecule has 4 aromatic carbocycles. The molecule has 20 nitrogen and oxygen atoms in total. The van der Waals surface area contributed by atoms with Crippen molar-refractivity contribution in [1.29, 1.82) is 0 Å². The third-order valence-electron chi connectivity index (χ3n) is 19.7. The van der Waals surface area contributed by atoms with Gasteiger partial charge in [0.05, 0.1) is 56.4 Å². The van der Waals surface area contributed by atoms with E-state index in [0.717, 1.165) is 0 Å². The van der Waals surface area contributed by atoms with Crippen LogP contribution in [0.1, 0.15) is 148 Å². The fraction of sp³-hybridized carbons (Fsp3) is 0.520. The molecule has 0 radical (unpaired) electrons. The van der Waals surface area contributed by atoms with E-state index in [1.165, 1.54) is 46.7 Å². The van der Waals surface area contributed by atoms with E-state index < -0.39 is 103 Å². The minimum atomic E-state index is -5.86. The predicted molar refractivity (Wildman–Crippen MR) is 361 cm³/mol. The summed E-state index contributed by atoms with van der Waals surface area (Å²) in [5.41, 5.74) is -3.37. The lowest BCUT2D eigenvalue weighted by molar-refractivity contribution is -0.177. The topological polar surface area (TPSA) is 283 Å². The lowest BCUT2D eigenvalue weighted by Crippen LogP contribution is -2.46. The number of fused-ring (bicyclic) bond motifs is 2. The summed E-state index contributed by atoms with van der Waals surface area (Å²) in [6.07, 6.45) is -1.11. The van der Waals surface area contributed by atoms with Crippen LogP contribution in [0.25, 0.3) is 0 Å². The molecule has 2 saturated carbocycles. The van der Waals surface area contributed by atoms with Gasteiger partial charge < -0.3 is 42.4 Å². The highest BCUT2D eigenvalue weighted by Gasteiger charge is 2.71. The van der Waals surface area contributed by atoms with E-state index in [9.17, 15) is 64.5 Å². The molecule has 6 aliphatic rings. The highest BCUT2D eigenvalue weighted by atomic mass is 32.2. The molecule has 6 fully saturated rings. The Morgan fingerprint density at radius 2 is 1.04 bits per heavy atom. The zero-order valence-corrected chi connectivity index (χ0v) is 60.7. The lowest BCUT2D eigenvalue weighted by atomic mass is 9.78. The third kappa shape index (κ3) is 18.2. The summed E-state index contributed by atoms with van der Waals surface area (Å²) < 4.78 is 113. The Labute approximate surface area is 585 Å². The molecule has 12 atom stereocenters. The average Bonchev–Trinajstić information content (AvgIpc) is 1.55. The Bertz CT molecular complexity index is 3770. The highest BCUT2D eigenvalue weighted by Crippen LogP contribution is 2.60. The molecule has 0 amide bonds. The number of pyridine rings is 1. The first-order valence-electron chi connectivity index (χ1n) is 33.5. The van der Waals surface area contributed by atoms with Crippen molar-refractivity contribution in [2.24, 2.45) is 51.2 Å². The third-order valence-corrected chi connectivity index (χ3v) is 22.9. The molecule has 544 valence electrons. The van der Waals surface area contributed by atoms with Crippen LogP contribution in [0.3, 0.4) is 0 Å². The standard InChI is InChI=1S/C24H29FO6.C18H15S.C13H18O5.C11H15NO3.C9H16F2O5S/c1-6-23(2,3)22(28)30-19-15-11-14-16(20(26)29-18(14)19)17(15)21(27)31-24(4,5)12-7-9-13(25)10-8-12;1-4-10-16(11-5-1)19(17-12-6-2-7-13-17)18-14-8-3-9-15-18;1-4-13(2,3)12(15)18-9-7-5-6-8(16-7)10(9)17-11(6)14;1-4-11(2,3)10(14)15-9-7-5-6-8(13)12-9;1-5-8(3,4)7(12)16-6(2)9(10,11)17(13,14)15/h7-10,14-19H,6,11H2,1-5H3;1-15H;6-10H,4-5H2,1-3H3;5-7H,4H2,1-3H3,(H,12,13);6H,5H2,1-4H3,(H,13,14,15)/q;+1;;;/p-1. The van der Waals surface area contributed by atoms with Crippen LogP contribution in [-0.2, 0) is 93.3 Å². The Morgan fingerprint density at radius 3 is 1.51 bits per heavy atom. The molecule has 4 aliphatic heterocycles. The fourth-order valence-electron chi connectivity index (χ4n) is 11.6. The van der Waals surface area contributed by atoms with Gasteiger partial charge in [0.2, 0.25) is 5.88 Å². The normalized spacial score (nSPS) is 23.5. The highest BCUT2D eigenvalue weighted by molar-refractivity contribution is 7.97. The summed E-state index contributed by atoms with van der Waals surface area (Å²) in [6, 6.07) is 42.4. The fourth-order valence-corrected chi connectivity index (χ4v) is 14.2. The summed E-state index contributed by atoms with van der Waals surface area (Å²) in [7, 11) is -5.87. The maximum Gasteiger partial charge on any atom is 0.369 e. The summed E-state index contributed by atoms with van der Waals surface area (Å²) in [5, 5.41) is -4.63. The first-order valence-corrected chi connectivity index (χ1v) is 36.1. The van der Waals surface area contributed by atoms with Crippen molar-refractivity contribution in [2.45, 2.75) is 211 Å². The number of benzene rings is 4. The molecule has 4 saturated heterocycles. The quantitative estimate of drug-likeness (QED) is 0.0328. The van der Waals surface area contributed by atoms with Crippen LogP contribution in [0.15, 0.2) is 153 Å². The predicted octanol–water partition coefficient (Wildman–Crippen LogP) is 12.8. The number of ether oxygens (including phenoxy) is 8. The Kier molecular flexibility index (Phi) is 25.4. The van der Waals surface area contributed by atoms with Crippen molar-refractivity contribution >= 4 is 62.8 Å². The summed E-state index contributed by atoms with van der Waals surface area (Å²) in [5.74, 6) is -5.15. The number of H-pyrrole nitrogens is 1. The van der Waals surface area contributed by atoms with Crippen LogP contribution >= 0.6 is 0 Å². The van der Waals surface area contributed by atoms with E-state index in [0.29, 0.717) is 51.0 Å². The molecule has 0 spiro atoms. The van der Waals surface area contributed by atoms with Crippen molar-refractivity contribution in [1.82, 2.24) is 4.98 Å². The number of carbonyl (C=O) groups excluding carboxylic acids is 7. The first kappa shape index (κ1) is 79.5. The number of halogens is 3.